The fraction of sp³-hybridized carbons (Fsp3) is 0.0800. The number of nitrogens with zero attached hydrogens (tertiary/aromatic N) is 1. The van der Waals surface area contributed by atoms with Crippen molar-refractivity contribution in [1.82, 2.24) is 4.98 Å². The minimum atomic E-state index is -2.59. The number of hydrogen-bond donors (Lipinski definition) is 0. The second-order valence-electron chi connectivity index (χ2n) is 6.85. The van der Waals surface area contributed by atoms with Crippen molar-refractivity contribution < 1.29 is 12.6 Å². The maximum atomic E-state index is 7.89. The monoisotopic (exact) mass is 353 g/mol. The molecule has 2 aromatic heterocycles. The van der Waals surface area contributed by atoms with Gasteiger partial charge in [-0.3, -0.25) is 4.98 Å². The molecule has 0 atom stereocenters. The molecule has 2 heterocycles. The lowest BCUT2D eigenvalue weighted by Crippen LogP contribution is -1.89. The summed E-state index contributed by atoms with van der Waals surface area (Å²) in [4.78, 5) is 4.35. The molecule has 0 amide bonds. The number of aromatic nitrogens is 1. The summed E-state index contributed by atoms with van der Waals surface area (Å²) in [7, 11) is 0. The van der Waals surface area contributed by atoms with Crippen LogP contribution in [-0.4, -0.2) is 4.98 Å². The third-order valence-corrected chi connectivity index (χ3v) is 5.30. The van der Waals surface area contributed by atoms with E-state index in [1.54, 1.807) is 0 Å². The molecule has 4 aromatic carbocycles. The average molecular weight is 353 g/mol. The first-order chi connectivity index (χ1) is 15.6. The Bertz CT molecular complexity index is 1690. The molecule has 2 heteroatoms. The largest absolute Gasteiger partial charge is 0.455 e. The molecule has 0 aliphatic carbocycles. The van der Waals surface area contributed by atoms with E-state index in [1.807, 2.05) is 42.5 Å². The first-order valence-corrected chi connectivity index (χ1v) is 8.73. The Kier molecular flexibility index (Phi) is 1.89. The lowest BCUT2D eigenvalue weighted by molar-refractivity contribution is 0.674. The normalized spacial score (nSPS) is 16.3. The Morgan fingerprint density at radius 2 is 1.59 bits per heavy atom. The number of aryl methyl sites for hydroxylation is 2. The summed E-state index contributed by atoms with van der Waals surface area (Å²) < 4.78 is 53.3. The van der Waals surface area contributed by atoms with Gasteiger partial charge in [0, 0.05) is 36.1 Å². The van der Waals surface area contributed by atoms with Crippen molar-refractivity contribution in [1.29, 1.82) is 0 Å². The number of pyridine rings is 1. The van der Waals surface area contributed by atoms with Crippen molar-refractivity contribution in [3.05, 3.63) is 78.0 Å². The molecule has 0 aliphatic heterocycles. The van der Waals surface area contributed by atoms with Gasteiger partial charge in [0.2, 0.25) is 0 Å². The Hall–Kier alpha value is -3.39. The van der Waals surface area contributed by atoms with E-state index in [0.717, 1.165) is 44.1 Å². The van der Waals surface area contributed by atoms with Crippen molar-refractivity contribution in [2.75, 3.05) is 0 Å². The first-order valence-electron chi connectivity index (χ1n) is 11.7. The molecule has 0 radical (unpaired) electrons. The van der Waals surface area contributed by atoms with E-state index < -0.39 is 13.7 Å². The van der Waals surface area contributed by atoms with Crippen LogP contribution in [-0.2, 0) is 0 Å². The number of benzene rings is 4. The van der Waals surface area contributed by atoms with Crippen LogP contribution in [0.4, 0.5) is 0 Å². The van der Waals surface area contributed by atoms with E-state index in [1.165, 1.54) is 6.07 Å². The van der Waals surface area contributed by atoms with Crippen LogP contribution in [0.15, 0.2) is 71.3 Å². The molecule has 6 rings (SSSR count). The molecule has 2 nitrogen and oxygen atoms in total. The van der Waals surface area contributed by atoms with Crippen molar-refractivity contribution in [2.45, 2.75) is 13.7 Å². The van der Waals surface area contributed by atoms with E-state index >= 15 is 0 Å². The van der Waals surface area contributed by atoms with Gasteiger partial charge in [-0.1, -0.05) is 42.5 Å². The van der Waals surface area contributed by atoms with Gasteiger partial charge in [0.05, 0.1) is 5.69 Å². The molecule has 0 saturated heterocycles. The van der Waals surface area contributed by atoms with Crippen LogP contribution in [0.25, 0.3) is 54.7 Å². The van der Waals surface area contributed by atoms with Crippen molar-refractivity contribution >= 4 is 43.5 Å². The highest BCUT2D eigenvalue weighted by molar-refractivity contribution is 6.29. The smallest absolute Gasteiger partial charge is 0.145 e. The zero-order valence-corrected chi connectivity index (χ0v) is 14.2. The van der Waals surface area contributed by atoms with E-state index in [0.29, 0.717) is 16.8 Å². The summed E-state index contributed by atoms with van der Waals surface area (Å²) >= 11 is 0. The van der Waals surface area contributed by atoms with Gasteiger partial charge in [-0.25, -0.2) is 0 Å². The van der Waals surface area contributed by atoms with Crippen LogP contribution in [0.3, 0.4) is 0 Å². The molecule has 0 unspecified atom stereocenters. The van der Waals surface area contributed by atoms with Crippen LogP contribution in [0, 0.1) is 13.7 Å². The fourth-order valence-corrected chi connectivity index (χ4v) is 4.02. The summed E-state index contributed by atoms with van der Waals surface area (Å²) in [6.07, 6.45) is 1.15. The summed E-state index contributed by atoms with van der Waals surface area (Å²) in [5, 5.41) is 6.08. The Balaban J connectivity index is 1.71. The van der Waals surface area contributed by atoms with Gasteiger partial charge in [0.15, 0.2) is 0 Å². The average Bonchev–Trinajstić information content (AvgIpc) is 3.17. The molecule has 27 heavy (non-hydrogen) atoms. The zero-order valence-electron chi connectivity index (χ0n) is 20.2. The topological polar surface area (TPSA) is 26.0 Å². The summed E-state index contributed by atoms with van der Waals surface area (Å²) in [6, 6.07) is 19.4. The molecule has 0 N–H and O–H groups in total. The second-order valence-corrected chi connectivity index (χ2v) is 6.85. The van der Waals surface area contributed by atoms with Crippen LogP contribution < -0.4 is 0 Å². The fourth-order valence-electron chi connectivity index (χ4n) is 4.02. The lowest BCUT2D eigenvalue weighted by Gasteiger charge is -2.07. The Morgan fingerprint density at radius 1 is 0.778 bits per heavy atom. The summed E-state index contributed by atoms with van der Waals surface area (Å²) in [5.41, 5.74) is 1.87. The molecular formula is C25H17NO. The minimum Gasteiger partial charge on any atom is -0.455 e. The van der Waals surface area contributed by atoms with Crippen LogP contribution >= 0.6 is 0 Å². The van der Waals surface area contributed by atoms with Gasteiger partial charge in [-0.05, 0) is 59.2 Å². The molecule has 0 fully saturated rings. The Labute approximate surface area is 164 Å². The lowest BCUT2D eigenvalue weighted by atomic mass is 9.96. The summed E-state index contributed by atoms with van der Waals surface area (Å²) in [6.45, 7) is -5.17. The highest BCUT2D eigenvalue weighted by atomic mass is 16.3. The third-order valence-electron chi connectivity index (χ3n) is 5.30. The molecular weight excluding hydrogens is 330 g/mol. The van der Waals surface area contributed by atoms with Gasteiger partial charge in [0.1, 0.15) is 11.2 Å². The van der Waals surface area contributed by atoms with E-state index in [9.17, 15) is 0 Å². The maximum absolute atomic E-state index is 7.89. The van der Waals surface area contributed by atoms with Crippen LogP contribution in [0.2, 0.25) is 0 Å². The first kappa shape index (κ1) is 10.1. The van der Waals surface area contributed by atoms with E-state index in [2.05, 4.69) is 17.1 Å². The highest BCUT2D eigenvalue weighted by Crippen LogP contribution is 2.43. The van der Waals surface area contributed by atoms with E-state index in [4.69, 9.17) is 12.6 Å². The zero-order chi connectivity index (χ0) is 23.1. The molecule has 0 saturated carbocycles. The van der Waals surface area contributed by atoms with Gasteiger partial charge in [-0.2, -0.15) is 0 Å². The Morgan fingerprint density at radius 3 is 2.52 bits per heavy atom. The molecule has 0 spiro atoms. The van der Waals surface area contributed by atoms with Crippen molar-refractivity contribution in [2.24, 2.45) is 0 Å². The van der Waals surface area contributed by atoms with Crippen LogP contribution in [0.1, 0.15) is 19.4 Å². The van der Waals surface area contributed by atoms with Crippen molar-refractivity contribution in [3.8, 4) is 11.3 Å². The quantitative estimate of drug-likeness (QED) is 0.235. The third kappa shape index (κ3) is 1.93. The molecule has 0 bridgehead atoms. The SMILES string of the molecule is [2H]C([2H])([2H])c1cnc(-c2ccc3ccc4cc5ccccc5c5oc2c3c45)cc1C([2H])([2H])[2H]. The summed E-state index contributed by atoms with van der Waals surface area (Å²) in [5.74, 6) is 0. The minimum absolute atomic E-state index is 0.223. The van der Waals surface area contributed by atoms with Gasteiger partial charge in [-0.15, -0.1) is 0 Å². The number of hydrogen-bond acceptors (Lipinski definition) is 2. The van der Waals surface area contributed by atoms with Gasteiger partial charge < -0.3 is 4.42 Å². The molecule has 6 aromatic rings. The van der Waals surface area contributed by atoms with E-state index in [-0.39, 0.29) is 11.1 Å². The predicted molar refractivity (Wildman–Crippen MR) is 113 cm³/mol. The number of furan rings is 1. The van der Waals surface area contributed by atoms with Crippen LogP contribution in [0.5, 0.6) is 0 Å². The maximum Gasteiger partial charge on any atom is 0.145 e. The highest BCUT2D eigenvalue weighted by Gasteiger charge is 2.19. The number of rotatable bonds is 1. The second kappa shape index (κ2) is 5.08. The number of fused-ring (bicyclic) bond motifs is 2. The standard InChI is InChI=1S/C25H17NO/c1-14-11-21(26-13-15(14)2)20-10-9-16-7-8-18-12-17-5-3-4-6-19(17)24-23(18)22(16)25(20)27-24/h3-13H,1-2H3/i1D3,2D3. The molecule has 128 valence electrons. The predicted octanol–water partition coefficient (Wildman–Crippen LogP) is 7.01. The molecule has 0 aliphatic rings. The van der Waals surface area contributed by atoms with Crippen molar-refractivity contribution in [3.63, 3.8) is 0 Å². The van der Waals surface area contributed by atoms with Gasteiger partial charge in [0.25, 0.3) is 0 Å². The van der Waals surface area contributed by atoms with Gasteiger partial charge >= 0.3 is 0 Å².